The molecule has 0 bridgehead atoms. The van der Waals surface area contributed by atoms with Gasteiger partial charge in [0, 0.05) is 23.9 Å². The van der Waals surface area contributed by atoms with Gasteiger partial charge in [-0.2, -0.15) is 0 Å². The number of carbonyl (C=O) groups excluding carboxylic acids is 1. The lowest BCUT2D eigenvalue weighted by atomic mass is 10.1. The van der Waals surface area contributed by atoms with Gasteiger partial charge in [0.1, 0.15) is 5.75 Å². The van der Waals surface area contributed by atoms with E-state index in [-0.39, 0.29) is 11.7 Å². The lowest BCUT2D eigenvalue weighted by molar-refractivity contribution is -0.384. The fraction of sp³-hybridized carbons (Fsp3) is 0.650. The molecule has 0 unspecified atom stereocenters. The fourth-order valence-corrected chi connectivity index (χ4v) is 3.17. The Balaban J connectivity index is 1.96. The topological polar surface area (TPSA) is 69.4 Å². The van der Waals surface area contributed by atoms with Crippen LogP contribution in [0.4, 0.5) is 5.69 Å². The van der Waals surface area contributed by atoms with E-state index in [9.17, 15) is 14.9 Å². The molecule has 26 heavy (non-hydrogen) atoms. The van der Waals surface area contributed by atoms with Crippen molar-refractivity contribution in [2.45, 2.75) is 77.0 Å². The van der Waals surface area contributed by atoms with E-state index < -0.39 is 4.92 Å². The number of nitrogens with zero attached hydrogens (tertiary/aromatic N) is 1. The molecule has 6 heteroatoms. The van der Waals surface area contributed by atoms with Crippen LogP contribution in [0, 0.1) is 10.1 Å². The van der Waals surface area contributed by atoms with Crippen LogP contribution in [0.15, 0.2) is 24.3 Å². The van der Waals surface area contributed by atoms with Gasteiger partial charge in [-0.05, 0) is 25.0 Å². The van der Waals surface area contributed by atoms with Crippen LogP contribution in [-0.2, 0) is 4.79 Å². The zero-order valence-corrected chi connectivity index (χ0v) is 17.0. The highest BCUT2D eigenvalue weighted by Gasteiger charge is 2.08. The number of alkyl halides is 1. The molecule has 0 N–H and O–H groups in total. The zero-order chi connectivity index (χ0) is 19.0. The summed E-state index contributed by atoms with van der Waals surface area (Å²) < 4.78 is 5.18. The van der Waals surface area contributed by atoms with Crippen LogP contribution in [0.1, 0.15) is 77.0 Å². The molecule has 5 nitrogen and oxygen atoms in total. The second-order valence-electron chi connectivity index (χ2n) is 6.55. The quantitative estimate of drug-likeness (QED) is 0.0791. The molecule has 0 aliphatic heterocycles. The summed E-state index contributed by atoms with van der Waals surface area (Å²) in [6, 6.07) is 5.58. The number of benzene rings is 1. The lowest BCUT2D eigenvalue weighted by Crippen LogP contribution is -2.07. The van der Waals surface area contributed by atoms with E-state index >= 15 is 0 Å². The van der Waals surface area contributed by atoms with Gasteiger partial charge in [-0.25, -0.2) is 0 Å². The standard InChI is InChI=1S/C20H30BrNO4/c21-17-11-9-7-5-3-1-2-4-6-8-10-12-20(23)26-19-15-13-18(14-16-19)22(24)25/h13-16H,1-12,17H2. The highest BCUT2D eigenvalue weighted by Crippen LogP contribution is 2.18. The Bertz CT molecular complexity index is 519. The van der Waals surface area contributed by atoms with Crippen molar-refractivity contribution in [2.75, 3.05) is 5.33 Å². The van der Waals surface area contributed by atoms with Crippen LogP contribution in [0.5, 0.6) is 5.75 Å². The average Bonchev–Trinajstić information content (AvgIpc) is 2.63. The third kappa shape index (κ3) is 11.2. The first kappa shape index (κ1) is 22.6. The van der Waals surface area contributed by atoms with Gasteiger partial charge in [0.15, 0.2) is 0 Å². The summed E-state index contributed by atoms with van der Waals surface area (Å²) in [5.74, 6) is 0.0825. The molecule has 0 saturated heterocycles. The van der Waals surface area contributed by atoms with Gasteiger partial charge in [0.25, 0.3) is 5.69 Å². The number of ether oxygens (including phenoxy) is 1. The highest BCUT2D eigenvalue weighted by atomic mass is 79.9. The summed E-state index contributed by atoms with van der Waals surface area (Å²) in [6.07, 6.45) is 13.9. The average molecular weight is 428 g/mol. The SMILES string of the molecule is O=C(CCCCCCCCCCCCCBr)Oc1ccc([N+](=O)[O-])cc1. The summed E-state index contributed by atoms with van der Waals surface area (Å²) >= 11 is 3.45. The maximum atomic E-state index is 11.8. The fourth-order valence-electron chi connectivity index (χ4n) is 2.77. The third-order valence-electron chi connectivity index (χ3n) is 4.29. The van der Waals surface area contributed by atoms with Crippen molar-refractivity contribution in [3.63, 3.8) is 0 Å². The van der Waals surface area contributed by atoms with Gasteiger partial charge in [-0.3, -0.25) is 14.9 Å². The van der Waals surface area contributed by atoms with Gasteiger partial charge in [-0.1, -0.05) is 73.7 Å². The Labute approximate surface area is 164 Å². The van der Waals surface area contributed by atoms with Crippen LogP contribution < -0.4 is 4.74 Å². The van der Waals surface area contributed by atoms with E-state index in [1.807, 2.05) is 0 Å². The van der Waals surface area contributed by atoms with Crippen molar-refractivity contribution >= 4 is 27.6 Å². The van der Waals surface area contributed by atoms with Gasteiger partial charge in [0.05, 0.1) is 4.92 Å². The second-order valence-corrected chi connectivity index (χ2v) is 7.35. The summed E-state index contributed by atoms with van der Waals surface area (Å²) in [4.78, 5) is 21.8. The molecule has 0 saturated carbocycles. The summed E-state index contributed by atoms with van der Waals surface area (Å²) in [7, 11) is 0. The molecule has 0 aliphatic rings. The van der Waals surface area contributed by atoms with Gasteiger partial charge in [0.2, 0.25) is 0 Å². The van der Waals surface area contributed by atoms with Crippen molar-refractivity contribution in [2.24, 2.45) is 0 Å². The normalized spacial score (nSPS) is 10.7. The monoisotopic (exact) mass is 427 g/mol. The first-order valence-corrected chi connectivity index (χ1v) is 10.8. The Morgan fingerprint density at radius 3 is 1.77 bits per heavy atom. The Kier molecular flexibility index (Phi) is 12.8. The Hall–Kier alpha value is -1.43. The van der Waals surface area contributed by atoms with Crippen LogP contribution in [0.2, 0.25) is 0 Å². The molecule has 0 radical (unpaired) electrons. The number of nitro groups is 1. The molecular formula is C20H30BrNO4. The minimum Gasteiger partial charge on any atom is -0.427 e. The predicted molar refractivity (Wildman–Crippen MR) is 108 cm³/mol. The minimum absolute atomic E-state index is 0.0104. The van der Waals surface area contributed by atoms with E-state index in [1.165, 1.54) is 75.6 Å². The Morgan fingerprint density at radius 1 is 0.846 bits per heavy atom. The van der Waals surface area contributed by atoms with Crippen LogP contribution in [-0.4, -0.2) is 16.2 Å². The minimum atomic E-state index is -0.476. The molecule has 1 aromatic carbocycles. The summed E-state index contributed by atoms with van der Waals surface area (Å²) in [5, 5.41) is 11.7. The van der Waals surface area contributed by atoms with Crippen LogP contribution in [0.3, 0.4) is 0 Å². The van der Waals surface area contributed by atoms with E-state index in [0.717, 1.165) is 24.6 Å². The number of carbonyl (C=O) groups is 1. The van der Waals surface area contributed by atoms with E-state index in [1.54, 1.807) is 0 Å². The molecule has 146 valence electrons. The Morgan fingerprint density at radius 2 is 1.31 bits per heavy atom. The highest BCUT2D eigenvalue weighted by molar-refractivity contribution is 9.09. The van der Waals surface area contributed by atoms with E-state index in [4.69, 9.17) is 4.74 Å². The van der Waals surface area contributed by atoms with Crippen molar-refractivity contribution in [1.29, 1.82) is 0 Å². The molecule has 0 amide bonds. The first-order valence-electron chi connectivity index (χ1n) is 9.64. The number of rotatable bonds is 15. The number of halogens is 1. The van der Waals surface area contributed by atoms with Crippen LogP contribution >= 0.6 is 15.9 Å². The van der Waals surface area contributed by atoms with Crippen LogP contribution in [0.25, 0.3) is 0 Å². The largest absolute Gasteiger partial charge is 0.427 e. The maximum absolute atomic E-state index is 11.8. The molecule has 0 atom stereocenters. The number of unbranched alkanes of at least 4 members (excludes halogenated alkanes) is 10. The molecule has 0 aromatic heterocycles. The first-order chi connectivity index (χ1) is 12.6. The summed E-state index contributed by atoms with van der Waals surface area (Å²) in [6.45, 7) is 0. The molecule has 0 aliphatic carbocycles. The molecule has 0 fully saturated rings. The number of hydrogen-bond acceptors (Lipinski definition) is 4. The molecular weight excluding hydrogens is 398 g/mol. The number of non-ortho nitro benzene ring substituents is 1. The van der Waals surface area contributed by atoms with Crippen molar-refractivity contribution in [3.8, 4) is 5.75 Å². The number of hydrogen-bond donors (Lipinski definition) is 0. The summed E-state index contributed by atoms with van der Waals surface area (Å²) in [5.41, 5.74) is -0.0104. The van der Waals surface area contributed by atoms with Crippen molar-refractivity contribution in [1.82, 2.24) is 0 Å². The number of esters is 1. The van der Waals surface area contributed by atoms with Crippen molar-refractivity contribution in [3.05, 3.63) is 34.4 Å². The smallest absolute Gasteiger partial charge is 0.311 e. The molecule has 1 aromatic rings. The van der Waals surface area contributed by atoms with Gasteiger partial charge < -0.3 is 4.74 Å². The number of nitro benzene ring substituents is 1. The molecule has 0 heterocycles. The third-order valence-corrected chi connectivity index (χ3v) is 4.85. The van der Waals surface area contributed by atoms with Gasteiger partial charge in [-0.15, -0.1) is 0 Å². The second kappa shape index (κ2) is 14.7. The van der Waals surface area contributed by atoms with Gasteiger partial charge >= 0.3 is 5.97 Å². The maximum Gasteiger partial charge on any atom is 0.311 e. The zero-order valence-electron chi connectivity index (χ0n) is 15.5. The van der Waals surface area contributed by atoms with Crippen molar-refractivity contribution < 1.29 is 14.5 Å². The lowest BCUT2D eigenvalue weighted by Gasteiger charge is -2.04. The van der Waals surface area contributed by atoms with E-state index in [2.05, 4.69) is 15.9 Å². The molecule has 1 rings (SSSR count). The predicted octanol–water partition coefficient (Wildman–Crippen LogP) is 6.58. The molecule has 0 spiro atoms. The van der Waals surface area contributed by atoms with E-state index in [0.29, 0.717) is 12.2 Å².